The van der Waals surface area contributed by atoms with Gasteiger partial charge in [0.15, 0.2) is 5.82 Å². The molecule has 7 nitrogen and oxygen atoms in total. The number of aromatic nitrogens is 3. The molecule has 0 spiro atoms. The molecule has 1 aromatic carbocycles. The molecule has 1 amide bonds. The van der Waals surface area contributed by atoms with E-state index >= 15 is 0 Å². The second-order valence-corrected chi connectivity index (χ2v) is 8.70. The van der Waals surface area contributed by atoms with Crippen molar-refractivity contribution in [2.75, 3.05) is 19.3 Å². The largest absolute Gasteiger partial charge is 0.382 e. The minimum Gasteiger partial charge on any atom is -0.382 e. The SMILES string of the molecule is CN1CC[C@@](O)(C#Cc2cccc(-c3cc(C4CCCC4)c4ncnc(N)c4n3)c2)C1=O. The first-order valence-corrected chi connectivity index (χ1v) is 11.0. The lowest BCUT2D eigenvalue weighted by Crippen LogP contribution is -2.37. The molecule has 162 valence electrons. The van der Waals surface area contributed by atoms with Crippen LogP contribution in [-0.4, -0.2) is 50.1 Å². The number of nitrogens with two attached hydrogens (primary N) is 1. The molecule has 0 bridgehead atoms. The van der Waals surface area contributed by atoms with E-state index in [1.807, 2.05) is 24.3 Å². The molecule has 1 aliphatic carbocycles. The Bertz CT molecular complexity index is 1270. The number of nitrogen functional groups attached to an aromatic ring is 1. The van der Waals surface area contributed by atoms with Crippen molar-refractivity contribution in [3.05, 3.63) is 47.8 Å². The molecule has 1 saturated carbocycles. The first-order valence-electron chi connectivity index (χ1n) is 11.0. The van der Waals surface area contributed by atoms with Crippen LogP contribution in [0.25, 0.3) is 22.3 Å². The molecule has 0 unspecified atom stereocenters. The van der Waals surface area contributed by atoms with E-state index in [1.54, 1.807) is 7.05 Å². The monoisotopic (exact) mass is 427 g/mol. The quantitative estimate of drug-likeness (QED) is 0.610. The number of likely N-dealkylation sites (N-methyl/N-ethyl adjacent to an activating group) is 1. The lowest BCUT2D eigenvalue weighted by Gasteiger charge is -2.15. The van der Waals surface area contributed by atoms with Crippen LogP contribution in [0, 0.1) is 11.8 Å². The summed E-state index contributed by atoms with van der Waals surface area (Å²) in [7, 11) is 1.67. The molecular weight excluding hydrogens is 402 g/mol. The number of anilines is 1. The maximum absolute atomic E-state index is 12.2. The third-order valence-electron chi connectivity index (χ3n) is 6.52. The van der Waals surface area contributed by atoms with E-state index in [0.29, 0.717) is 35.8 Å². The lowest BCUT2D eigenvalue weighted by molar-refractivity contribution is -0.137. The Labute approximate surface area is 186 Å². The van der Waals surface area contributed by atoms with E-state index in [2.05, 4.69) is 27.9 Å². The van der Waals surface area contributed by atoms with Gasteiger partial charge in [0, 0.05) is 31.1 Å². The van der Waals surface area contributed by atoms with Gasteiger partial charge >= 0.3 is 0 Å². The molecule has 3 heterocycles. The van der Waals surface area contributed by atoms with Gasteiger partial charge in [0.05, 0.1) is 11.2 Å². The van der Waals surface area contributed by atoms with E-state index < -0.39 is 5.60 Å². The van der Waals surface area contributed by atoms with Crippen LogP contribution >= 0.6 is 0 Å². The summed E-state index contributed by atoms with van der Waals surface area (Å²) < 4.78 is 0. The van der Waals surface area contributed by atoms with E-state index in [-0.39, 0.29) is 5.91 Å². The molecule has 2 aromatic heterocycles. The minimum absolute atomic E-state index is 0.311. The molecule has 3 aromatic rings. The molecule has 0 radical (unpaired) electrons. The number of carbonyl (C=O) groups excluding carboxylic acids is 1. The van der Waals surface area contributed by atoms with Crippen LogP contribution < -0.4 is 5.73 Å². The van der Waals surface area contributed by atoms with Crippen LogP contribution in [0.2, 0.25) is 0 Å². The Morgan fingerprint density at radius 3 is 2.75 bits per heavy atom. The maximum atomic E-state index is 12.2. The zero-order valence-corrected chi connectivity index (χ0v) is 18.0. The molecular formula is C25H25N5O2. The van der Waals surface area contributed by atoms with E-state index in [9.17, 15) is 9.90 Å². The number of fused-ring (bicyclic) bond motifs is 1. The van der Waals surface area contributed by atoms with Gasteiger partial charge in [-0.25, -0.2) is 15.0 Å². The summed E-state index contributed by atoms with van der Waals surface area (Å²) in [6, 6.07) is 9.77. The summed E-state index contributed by atoms with van der Waals surface area (Å²) in [5, 5.41) is 10.6. The number of rotatable bonds is 2. The fourth-order valence-electron chi connectivity index (χ4n) is 4.68. The standard InChI is InChI=1S/C25H25N5O2/c1-30-12-11-25(32,24(30)31)10-9-16-5-4-8-18(13-16)20-14-19(17-6-2-3-7-17)21-22(29-20)23(26)28-15-27-21/h4-5,8,13-15,17,32H,2-3,6-7,11-12H2,1H3,(H2,26,27,28)/t25-/m0/s1. The predicted molar refractivity (Wildman–Crippen MR) is 122 cm³/mol. The smallest absolute Gasteiger partial charge is 0.267 e. The van der Waals surface area contributed by atoms with Crippen molar-refractivity contribution in [2.45, 2.75) is 43.6 Å². The number of amides is 1. The molecule has 1 aliphatic heterocycles. The molecule has 1 saturated heterocycles. The fourth-order valence-corrected chi connectivity index (χ4v) is 4.68. The van der Waals surface area contributed by atoms with Gasteiger partial charge in [0.25, 0.3) is 5.91 Å². The van der Waals surface area contributed by atoms with Gasteiger partial charge in [0.2, 0.25) is 5.60 Å². The van der Waals surface area contributed by atoms with E-state index in [4.69, 9.17) is 10.7 Å². The normalized spacial score (nSPS) is 21.2. The van der Waals surface area contributed by atoms with Crippen molar-refractivity contribution in [2.24, 2.45) is 0 Å². The number of nitrogens with zero attached hydrogens (tertiary/aromatic N) is 4. The number of likely N-dealkylation sites (tertiary alicyclic amines) is 1. The van der Waals surface area contributed by atoms with Crippen LogP contribution in [0.5, 0.6) is 0 Å². The topological polar surface area (TPSA) is 105 Å². The second kappa shape index (κ2) is 7.88. The Balaban J connectivity index is 1.56. The van der Waals surface area contributed by atoms with Crippen molar-refractivity contribution < 1.29 is 9.90 Å². The number of hydrogen-bond acceptors (Lipinski definition) is 6. The third kappa shape index (κ3) is 3.57. The third-order valence-corrected chi connectivity index (χ3v) is 6.52. The van der Waals surface area contributed by atoms with Crippen molar-refractivity contribution in [3.8, 4) is 23.1 Å². The first kappa shape index (κ1) is 20.4. The summed E-state index contributed by atoms with van der Waals surface area (Å²) in [6.45, 7) is 0.499. The Kier molecular flexibility index (Phi) is 5.03. The predicted octanol–water partition coefficient (Wildman–Crippen LogP) is 2.88. The first-order chi connectivity index (χ1) is 15.4. The summed E-state index contributed by atoms with van der Waals surface area (Å²) >= 11 is 0. The summed E-state index contributed by atoms with van der Waals surface area (Å²) in [5.74, 6) is 6.23. The molecule has 2 aliphatic rings. The van der Waals surface area contributed by atoms with Gasteiger partial charge in [-0.2, -0.15) is 0 Å². The molecule has 3 N–H and O–H groups in total. The average molecular weight is 428 g/mol. The van der Waals surface area contributed by atoms with Crippen molar-refractivity contribution in [1.82, 2.24) is 19.9 Å². The van der Waals surface area contributed by atoms with Gasteiger partial charge in [-0.15, -0.1) is 0 Å². The number of benzene rings is 1. The van der Waals surface area contributed by atoms with Crippen LogP contribution in [0.15, 0.2) is 36.7 Å². The molecule has 1 atom stereocenters. The van der Waals surface area contributed by atoms with Gasteiger partial charge < -0.3 is 15.7 Å². The number of hydrogen-bond donors (Lipinski definition) is 2. The van der Waals surface area contributed by atoms with Crippen molar-refractivity contribution in [3.63, 3.8) is 0 Å². The van der Waals surface area contributed by atoms with Crippen LogP contribution in [0.4, 0.5) is 5.82 Å². The fraction of sp³-hybridized carbons (Fsp3) is 0.360. The van der Waals surface area contributed by atoms with Crippen molar-refractivity contribution >= 4 is 22.8 Å². The van der Waals surface area contributed by atoms with E-state index in [0.717, 1.165) is 29.6 Å². The minimum atomic E-state index is -1.62. The van der Waals surface area contributed by atoms with E-state index in [1.165, 1.54) is 29.6 Å². The number of pyridine rings is 1. The van der Waals surface area contributed by atoms with Gasteiger partial charge in [-0.1, -0.05) is 36.8 Å². The van der Waals surface area contributed by atoms with Gasteiger partial charge in [-0.05, 0) is 42.5 Å². The molecule has 7 heteroatoms. The van der Waals surface area contributed by atoms with Crippen LogP contribution in [0.3, 0.4) is 0 Å². The van der Waals surface area contributed by atoms with Crippen LogP contribution in [0.1, 0.15) is 49.1 Å². The maximum Gasteiger partial charge on any atom is 0.267 e. The van der Waals surface area contributed by atoms with Crippen LogP contribution in [-0.2, 0) is 4.79 Å². The average Bonchev–Trinajstić information content (AvgIpc) is 3.43. The Morgan fingerprint density at radius 1 is 1.19 bits per heavy atom. The summed E-state index contributed by atoms with van der Waals surface area (Å²) in [4.78, 5) is 27.1. The summed E-state index contributed by atoms with van der Waals surface area (Å²) in [5.41, 5.74) is 9.55. The second-order valence-electron chi connectivity index (χ2n) is 8.70. The Hall–Kier alpha value is -3.50. The van der Waals surface area contributed by atoms with Crippen molar-refractivity contribution in [1.29, 1.82) is 0 Å². The van der Waals surface area contributed by atoms with Gasteiger partial charge in [-0.3, -0.25) is 4.79 Å². The number of aliphatic hydroxyl groups is 1. The highest BCUT2D eigenvalue weighted by molar-refractivity contribution is 5.91. The highest BCUT2D eigenvalue weighted by Gasteiger charge is 2.42. The Morgan fingerprint density at radius 2 is 2.00 bits per heavy atom. The lowest BCUT2D eigenvalue weighted by atomic mass is 9.94. The highest BCUT2D eigenvalue weighted by Crippen LogP contribution is 2.39. The zero-order valence-electron chi connectivity index (χ0n) is 18.0. The molecule has 32 heavy (non-hydrogen) atoms. The summed E-state index contributed by atoms with van der Waals surface area (Å²) in [6.07, 6.45) is 6.51. The molecule has 5 rings (SSSR count). The van der Waals surface area contributed by atoms with Gasteiger partial charge in [0.1, 0.15) is 11.8 Å². The highest BCUT2D eigenvalue weighted by atomic mass is 16.3. The number of carbonyl (C=O) groups is 1. The molecule has 2 fully saturated rings. The zero-order chi connectivity index (χ0) is 22.3.